The molecule has 4 aliphatic rings. The van der Waals surface area contributed by atoms with Gasteiger partial charge in [0.25, 0.3) is 0 Å². The number of hydrogen-bond acceptors (Lipinski definition) is 11. The maximum Gasteiger partial charge on any atom is 1.00 e. The summed E-state index contributed by atoms with van der Waals surface area (Å²) in [6, 6.07) is 7.29. The van der Waals surface area contributed by atoms with Gasteiger partial charge in [0.05, 0.1) is 25.4 Å². The number of ether oxygens (including phenoxy) is 6. The standard InChI is InChI=1S/C21H30FNO5.C21H28FNO5.CH4O.B.Na.H/c2*1-21(2,3)28-20(25)23-10-9-17(23)19(24)16-8-7-15(22)12-14(16)13-27-18-6-4-5-11-26-18;1-2;;;/h7-8,12,17-19,24H,4-6,9-11,13H2,1-3H3;7-8,12,17-18H,4-6,9-11,13H2,1-3H3;2H,1H3;;;/q;;;;+1;-1/t17-,18?,19?;17-,18?;;;;/m00..../s1. The number of carbonyl (C=O) groups is 3. The number of halogens is 2. The number of hydrogen-bond donors (Lipinski definition) is 2. The van der Waals surface area contributed by atoms with Gasteiger partial charge in [-0.1, -0.05) is 6.07 Å². The van der Waals surface area contributed by atoms with Crippen molar-refractivity contribution >= 4 is 26.4 Å². The second-order valence-electron chi connectivity index (χ2n) is 16.7. The molecule has 0 saturated carbocycles. The van der Waals surface area contributed by atoms with Crippen LogP contribution in [0.4, 0.5) is 18.4 Å². The molecule has 0 spiro atoms. The van der Waals surface area contributed by atoms with Crippen LogP contribution in [0.3, 0.4) is 0 Å². The van der Waals surface area contributed by atoms with Crippen molar-refractivity contribution in [1.29, 1.82) is 0 Å². The predicted molar refractivity (Wildman–Crippen MR) is 217 cm³/mol. The predicted octanol–water partition coefficient (Wildman–Crippen LogP) is 4.32. The van der Waals surface area contributed by atoms with Crippen LogP contribution >= 0.6 is 0 Å². The van der Waals surface area contributed by atoms with Crippen molar-refractivity contribution in [3.05, 3.63) is 70.3 Å². The first-order valence-electron chi connectivity index (χ1n) is 20.2. The molecule has 329 valence electrons. The molecule has 4 aliphatic heterocycles. The molecule has 0 bridgehead atoms. The Morgan fingerprint density at radius 1 is 0.750 bits per heavy atom. The first kappa shape index (κ1) is 53.5. The molecule has 0 aliphatic carbocycles. The van der Waals surface area contributed by atoms with Gasteiger partial charge in [0.2, 0.25) is 0 Å². The van der Waals surface area contributed by atoms with Crippen LogP contribution in [0.5, 0.6) is 0 Å². The number of benzene rings is 2. The van der Waals surface area contributed by atoms with E-state index in [0.29, 0.717) is 61.4 Å². The third-order valence-electron chi connectivity index (χ3n) is 9.89. The SMILES string of the molecule is CC(C)(C)OC(=O)N1CC[C@H]1C(=O)c1ccc(F)cc1COC1CCCCO1.CC(C)(C)OC(=O)N1CC[C@H]1C(O)c1ccc(F)cc1COC1CCCCO1.CO.[B].[H-].[Na+]. The normalized spacial score (nSPS) is 21.7. The Morgan fingerprint density at radius 3 is 1.68 bits per heavy atom. The van der Waals surface area contributed by atoms with E-state index in [-0.39, 0.29) is 71.0 Å². The minimum absolute atomic E-state index is 0. The van der Waals surface area contributed by atoms with Gasteiger partial charge in [-0.05, 0) is 140 Å². The van der Waals surface area contributed by atoms with Crippen molar-refractivity contribution in [2.24, 2.45) is 0 Å². The van der Waals surface area contributed by atoms with Crippen LogP contribution in [0.1, 0.15) is 127 Å². The van der Waals surface area contributed by atoms with Crippen molar-refractivity contribution in [1.82, 2.24) is 9.80 Å². The third kappa shape index (κ3) is 15.9. The second-order valence-corrected chi connectivity index (χ2v) is 16.7. The topological polar surface area (TPSA) is 154 Å². The molecular formula is C43H63BF2N2NaO11. The minimum atomic E-state index is -0.937. The van der Waals surface area contributed by atoms with Crippen LogP contribution in [0, 0.1) is 11.6 Å². The monoisotopic (exact) mass is 855 g/mol. The van der Waals surface area contributed by atoms with Gasteiger partial charge in [-0.15, -0.1) is 0 Å². The Kier molecular flexibility index (Phi) is 22.1. The van der Waals surface area contributed by atoms with Gasteiger partial charge in [-0.25, -0.2) is 18.4 Å². The largest absolute Gasteiger partial charge is 1.00 e. The van der Waals surface area contributed by atoms with Gasteiger partial charge < -0.3 is 45.0 Å². The molecule has 2 amide bonds. The summed E-state index contributed by atoms with van der Waals surface area (Å²) < 4.78 is 61.0. The van der Waals surface area contributed by atoms with E-state index in [2.05, 4.69) is 0 Å². The molecule has 2 aromatic carbocycles. The fourth-order valence-corrected chi connectivity index (χ4v) is 6.83. The number of amides is 2. The molecule has 2 N–H and O–H groups in total. The third-order valence-corrected chi connectivity index (χ3v) is 9.89. The first-order chi connectivity index (χ1) is 27.5. The summed E-state index contributed by atoms with van der Waals surface area (Å²) >= 11 is 0. The molecule has 2 aromatic rings. The number of likely N-dealkylation sites (tertiary alicyclic amines) is 2. The summed E-state index contributed by atoms with van der Waals surface area (Å²) in [5.74, 6) is -1.05. The molecule has 6 rings (SSSR count). The molecule has 13 nitrogen and oxygen atoms in total. The first-order valence-corrected chi connectivity index (χ1v) is 20.2. The van der Waals surface area contributed by atoms with E-state index >= 15 is 0 Å². The molecule has 5 atom stereocenters. The summed E-state index contributed by atoms with van der Waals surface area (Å²) in [6.45, 7) is 13.3. The Hall–Kier alpha value is -2.67. The minimum Gasteiger partial charge on any atom is -1.00 e. The Balaban J connectivity index is 0.000000560. The van der Waals surface area contributed by atoms with Crippen LogP contribution in [0.15, 0.2) is 36.4 Å². The van der Waals surface area contributed by atoms with Gasteiger partial charge >= 0.3 is 41.7 Å². The Bertz CT molecular complexity index is 1670. The molecular weight excluding hydrogens is 792 g/mol. The number of Topliss-reactive ketones (excluding diaryl/α,β-unsaturated/α-hetero) is 1. The van der Waals surface area contributed by atoms with E-state index in [4.69, 9.17) is 33.5 Å². The maximum atomic E-state index is 13.8. The van der Waals surface area contributed by atoms with Crippen LogP contribution in [0.2, 0.25) is 0 Å². The van der Waals surface area contributed by atoms with Gasteiger partial charge in [0.1, 0.15) is 28.9 Å². The van der Waals surface area contributed by atoms with Crippen LogP contribution in [-0.2, 0) is 41.6 Å². The van der Waals surface area contributed by atoms with Crippen LogP contribution in [-0.4, -0.2) is 116 Å². The van der Waals surface area contributed by atoms with Crippen molar-refractivity contribution in [2.45, 2.75) is 148 Å². The smallest absolute Gasteiger partial charge is 1.00 e. The molecule has 3 radical (unpaired) electrons. The van der Waals surface area contributed by atoms with E-state index in [1.807, 2.05) is 0 Å². The van der Waals surface area contributed by atoms with Gasteiger partial charge in [0, 0.05) is 47.4 Å². The number of carbonyl (C=O) groups excluding carboxylic acids is 3. The molecule has 3 unspecified atom stereocenters. The average Bonchev–Trinajstić information content (AvgIpc) is 3.12. The van der Waals surface area contributed by atoms with E-state index in [1.54, 1.807) is 47.6 Å². The molecule has 4 fully saturated rings. The van der Waals surface area contributed by atoms with E-state index < -0.39 is 53.2 Å². The Morgan fingerprint density at radius 2 is 1.23 bits per heavy atom. The number of rotatable bonds is 10. The number of nitrogens with zero attached hydrogens (tertiary/aromatic N) is 2. The van der Waals surface area contributed by atoms with Crippen LogP contribution < -0.4 is 29.6 Å². The zero-order chi connectivity index (χ0) is 42.6. The van der Waals surface area contributed by atoms with Gasteiger partial charge in [0.15, 0.2) is 18.4 Å². The molecule has 4 saturated heterocycles. The van der Waals surface area contributed by atoms with E-state index in [1.165, 1.54) is 40.1 Å². The van der Waals surface area contributed by atoms with E-state index in [0.717, 1.165) is 45.6 Å². The van der Waals surface area contributed by atoms with Crippen molar-refractivity contribution in [3.8, 4) is 0 Å². The summed E-state index contributed by atoms with van der Waals surface area (Å²) in [7, 11) is 1.00. The molecule has 17 heteroatoms. The fourth-order valence-electron chi connectivity index (χ4n) is 6.83. The van der Waals surface area contributed by atoms with Crippen molar-refractivity contribution in [2.75, 3.05) is 33.4 Å². The van der Waals surface area contributed by atoms with Crippen molar-refractivity contribution < 1.29 is 92.8 Å². The maximum absolute atomic E-state index is 13.8. The molecule has 0 aromatic heterocycles. The van der Waals surface area contributed by atoms with Crippen molar-refractivity contribution in [3.63, 3.8) is 0 Å². The zero-order valence-electron chi connectivity index (χ0n) is 37.5. The quantitative estimate of drug-likeness (QED) is 0.260. The fraction of sp³-hybridized carbons (Fsp3) is 0.651. The number of aliphatic hydroxyl groups is 2. The zero-order valence-corrected chi connectivity index (χ0v) is 38.5. The van der Waals surface area contributed by atoms with Crippen LogP contribution in [0.25, 0.3) is 0 Å². The Labute approximate surface area is 379 Å². The number of aliphatic hydroxyl groups excluding tert-OH is 2. The van der Waals surface area contributed by atoms with E-state index in [9.17, 15) is 28.3 Å². The number of ketones is 1. The second kappa shape index (κ2) is 24.8. The summed E-state index contributed by atoms with van der Waals surface area (Å²) in [5.41, 5.74) is 0.741. The summed E-state index contributed by atoms with van der Waals surface area (Å²) in [5, 5.41) is 17.9. The van der Waals surface area contributed by atoms with Gasteiger partial charge in [-0.2, -0.15) is 0 Å². The average molecular weight is 856 g/mol. The molecule has 4 heterocycles. The summed E-state index contributed by atoms with van der Waals surface area (Å²) in [4.78, 5) is 40.6. The van der Waals surface area contributed by atoms with Gasteiger partial charge in [-0.3, -0.25) is 9.69 Å². The molecule has 60 heavy (non-hydrogen) atoms. The summed E-state index contributed by atoms with van der Waals surface area (Å²) in [6.07, 6.45) is 4.37.